The maximum absolute atomic E-state index is 5.50. The van der Waals surface area contributed by atoms with Crippen molar-refractivity contribution in [2.24, 2.45) is 0 Å². The molecule has 2 aromatic rings. The smallest absolute Gasteiger partial charge is 0.124 e. The Balaban J connectivity index is 2.57. The molecule has 1 unspecified atom stereocenters. The normalized spacial score (nSPS) is 12.0. The Morgan fingerprint density at radius 2 is 1.71 bits per heavy atom. The zero-order valence-electron chi connectivity index (χ0n) is 12.1. The summed E-state index contributed by atoms with van der Waals surface area (Å²) in [5.74, 6) is 1.62. The van der Waals surface area contributed by atoms with Crippen LogP contribution in [0.3, 0.4) is 0 Å². The minimum Gasteiger partial charge on any atom is -0.497 e. The van der Waals surface area contributed by atoms with Crippen molar-refractivity contribution >= 4 is 31.9 Å². The zero-order chi connectivity index (χ0) is 15.4. The van der Waals surface area contributed by atoms with Crippen molar-refractivity contribution in [1.82, 2.24) is 5.32 Å². The maximum atomic E-state index is 5.50. The average Bonchev–Trinajstić information content (AvgIpc) is 2.51. The molecule has 1 atom stereocenters. The summed E-state index contributed by atoms with van der Waals surface area (Å²) >= 11 is 7.14. The molecule has 0 aliphatic carbocycles. The van der Waals surface area contributed by atoms with Crippen LogP contribution in [0.4, 0.5) is 0 Å². The van der Waals surface area contributed by atoms with Gasteiger partial charge < -0.3 is 14.8 Å². The number of benzene rings is 2. The highest BCUT2D eigenvalue weighted by molar-refractivity contribution is 9.11. The van der Waals surface area contributed by atoms with Gasteiger partial charge in [-0.3, -0.25) is 0 Å². The summed E-state index contributed by atoms with van der Waals surface area (Å²) in [6.45, 7) is 0. The van der Waals surface area contributed by atoms with Crippen LogP contribution in [0, 0.1) is 0 Å². The first-order valence-corrected chi connectivity index (χ1v) is 8.03. The molecular weight excluding hydrogens is 398 g/mol. The van der Waals surface area contributed by atoms with E-state index in [1.54, 1.807) is 14.2 Å². The Hall–Kier alpha value is -1.04. The van der Waals surface area contributed by atoms with Crippen molar-refractivity contribution in [3.63, 3.8) is 0 Å². The third kappa shape index (κ3) is 3.59. The molecule has 0 saturated carbocycles. The summed E-state index contributed by atoms with van der Waals surface area (Å²) in [5, 5.41) is 3.34. The molecular formula is C16H17Br2NO2. The van der Waals surface area contributed by atoms with Crippen LogP contribution >= 0.6 is 31.9 Å². The lowest BCUT2D eigenvalue weighted by molar-refractivity contribution is 0.395. The summed E-state index contributed by atoms with van der Waals surface area (Å²) < 4.78 is 12.9. The number of hydrogen-bond acceptors (Lipinski definition) is 3. The lowest BCUT2D eigenvalue weighted by Crippen LogP contribution is -2.19. The molecule has 1 N–H and O–H groups in total. The summed E-state index contributed by atoms with van der Waals surface area (Å²) in [6.07, 6.45) is 0. The van der Waals surface area contributed by atoms with E-state index in [4.69, 9.17) is 9.47 Å². The maximum Gasteiger partial charge on any atom is 0.124 e. The first-order chi connectivity index (χ1) is 10.1. The van der Waals surface area contributed by atoms with Crippen molar-refractivity contribution in [3.05, 3.63) is 56.5 Å². The molecule has 2 aromatic carbocycles. The lowest BCUT2D eigenvalue weighted by atomic mass is 9.97. The topological polar surface area (TPSA) is 30.5 Å². The molecule has 112 valence electrons. The highest BCUT2D eigenvalue weighted by Crippen LogP contribution is 2.36. The van der Waals surface area contributed by atoms with Crippen LogP contribution < -0.4 is 14.8 Å². The van der Waals surface area contributed by atoms with Crippen molar-refractivity contribution in [2.45, 2.75) is 6.04 Å². The van der Waals surface area contributed by atoms with Crippen molar-refractivity contribution < 1.29 is 9.47 Å². The van der Waals surface area contributed by atoms with Crippen LogP contribution in [0.5, 0.6) is 11.5 Å². The van der Waals surface area contributed by atoms with E-state index in [2.05, 4.69) is 43.2 Å². The number of nitrogens with one attached hydrogen (secondary N) is 1. The van der Waals surface area contributed by atoms with E-state index >= 15 is 0 Å². The third-order valence-corrected chi connectivity index (χ3v) is 4.52. The standard InChI is InChI=1S/C16H17Br2NO2/c1-19-16(12-8-10(17)4-6-14(12)18)13-9-11(20-2)5-7-15(13)21-3/h4-9,16,19H,1-3H3. The number of methoxy groups -OCH3 is 2. The van der Waals surface area contributed by atoms with Crippen LogP contribution in [-0.4, -0.2) is 21.3 Å². The van der Waals surface area contributed by atoms with Crippen LogP contribution in [0.2, 0.25) is 0 Å². The molecule has 0 heterocycles. The van der Waals surface area contributed by atoms with E-state index in [9.17, 15) is 0 Å². The highest BCUT2D eigenvalue weighted by atomic mass is 79.9. The Morgan fingerprint density at radius 1 is 0.952 bits per heavy atom. The number of ether oxygens (including phenoxy) is 2. The second-order valence-corrected chi connectivity index (χ2v) is 6.27. The van der Waals surface area contributed by atoms with Gasteiger partial charge >= 0.3 is 0 Å². The molecule has 0 aliphatic heterocycles. The summed E-state index contributed by atoms with van der Waals surface area (Å²) in [7, 11) is 5.26. The van der Waals surface area contributed by atoms with Crippen molar-refractivity contribution in [3.8, 4) is 11.5 Å². The van der Waals surface area contributed by atoms with Gasteiger partial charge in [-0.05, 0) is 49.0 Å². The predicted octanol–water partition coefficient (Wildman–Crippen LogP) is 4.54. The van der Waals surface area contributed by atoms with Gasteiger partial charge in [-0.1, -0.05) is 31.9 Å². The van der Waals surface area contributed by atoms with E-state index in [0.717, 1.165) is 31.6 Å². The minimum atomic E-state index is -0.0121. The van der Waals surface area contributed by atoms with Crippen LogP contribution in [0.1, 0.15) is 17.2 Å². The van der Waals surface area contributed by atoms with Gasteiger partial charge in [-0.25, -0.2) is 0 Å². The third-order valence-electron chi connectivity index (χ3n) is 3.31. The second-order valence-electron chi connectivity index (χ2n) is 4.50. The molecule has 0 radical (unpaired) electrons. The van der Waals surface area contributed by atoms with Gasteiger partial charge in [-0.2, -0.15) is 0 Å². The van der Waals surface area contributed by atoms with E-state index in [-0.39, 0.29) is 6.04 Å². The molecule has 0 fully saturated rings. The highest BCUT2D eigenvalue weighted by Gasteiger charge is 2.20. The molecule has 3 nitrogen and oxygen atoms in total. The van der Waals surface area contributed by atoms with E-state index < -0.39 is 0 Å². The molecule has 0 saturated heterocycles. The number of hydrogen-bond donors (Lipinski definition) is 1. The average molecular weight is 415 g/mol. The van der Waals surface area contributed by atoms with Gasteiger partial charge in [0.1, 0.15) is 11.5 Å². The quantitative estimate of drug-likeness (QED) is 0.779. The van der Waals surface area contributed by atoms with E-state index in [0.29, 0.717) is 0 Å². The fraction of sp³-hybridized carbons (Fsp3) is 0.250. The Bertz CT molecular complexity index is 632. The molecule has 21 heavy (non-hydrogen) atoms. The van der Waals surface area contributed by atoms with Gasteiger partial charge in [-0.15, -0.1) is 0 Å². The van der Waals surface area contributed by atoms with Crippen LogP contribution in [-0.2, 0) is 0 Å². The van der Waals surface area contributed by atoms with Crippen molar-refractivity contribution in [1.29, 1.82) is 0 Å². The Kier molecular flexibility index (Phi) is 5.67. The summed E-state index contributed by atoms with van der Waals surface area (Å²) in [5.41, 5.74) is 2.15. The number of halogens is 2. The van der Waals surface area contributed by atoms with Gasteiger partial charge in [0, 0.05) is 14.5 Å². The molecule has 0 aromatic heterocycles. The fourth-order valence-corrected chi connectivity index (χ4v) is 3.13. The van der Waals surface area contributed by atoms with Gasteiger partial charge in [0.15, 0.2) is 0 Å². The second kappa shape index (κ2) is 7.29. The van der Waals surface area contributed by atoms with E-state index in [1.165, 1.54) is 0 Å². The van der Waals surface area contributed by atoms with E-state index in [1.807, 2.05) is 37.4 Å². The van der Waals surface area contributed by atoms with Gasteiger partial charge in [0.25, 0.3) is 0 Å². The molecule has 0 spiro atoms. The zero-order valence-corrected chi connectivity index (χ0v) is 15.3. The number of rotatable bonds is 5. The van der Waals surface area contributed by atoms with Crippen LogP contribution in [0.25, 0.3) is 0 Å². The monoisotopic (exact) mass is 413 g/mol. The Morgan fingerprint density at radius 3 is 2.33 bits per heavy atom. The molecule has 5 heteroatoms. The molecule has 0 aliphatic rings. The molecule has 0 amide bonds. The first kappa shape index (κ1) is 16.3. The molecule has 2 rings (SSSR count). The SMILES string of the molecule is CNC(c1cc(Br)ccc1Br)c1cc(OC)ccc1OC. The minimum absolute atomic E-state index is 0.0121. The predicted molar refractivity (Wildman–Crippen MR) is 92.3 cm³/mol. The van der Waals surface area contributed by atoms with Gasteiger partial charge in [0.05, 0.1) is 20.3 Å². The van der Waals surface area contributed by atoms with Crippen molar-refractivity contribution in [2.75, 3.05) is 21.3 Å². The van der Waals surface area contributed by atoms with Gasteiger partial charge in [0.2, 0.25) is 0 Å². The first-order valence-electron chi connectivity index (χ1n) is 6.44. The lowest BCUT2D eigenvalue weighted by Gasteiger charge is -2.22. The summed E-state index contributed by atoms with van der Waals surface area (Å²) in [6, 6.07) is 11.9. The summed E-state index contributed by atoms with van der Waals surface area (Å²) in [4.78, 5) is 0. The van der Waals surface area contributed by atoms with Crippen LogP contribution in [0.15, 0.2) is 45.3 Å². The Labute approximate surface area is 141 Å². The fourth-order valence-electron chi connectivity index (χ4n) is 2.28. The largest absolute Gasteiger partial charge is 0.497 e. The molecule has 0 bridgehead atoms.